The fraction of sp³-hybridized carbons (Fsp3) is 0.438. The van der Waals surface area contributed by atoms with Crippen LogP contribution < -0.4 is 10.1 Å². The molecule has 1 heterocycles. The molecule has 1 aromatic heterocycles. The molecule has 0 bridgehead atoms. The van der Waals surface area contributed by atoms with Gasteiger partial charge in [-0.05, 0) is 38.0 Å². The van der Waals surface area contributed by atoms with Crippen molar-refractivity contribution in [3.05, 3.63) is 45.9 Å². The molecule has 0 fully saturated rings. The van der Waals surface area contributed by atoms with E-state index in [-0.39, 0.29) is 0 Å². The molecule has 1 atom stereocenters. The molecule has 0 saturated heterocycles. The maximum Gasteiger partial charge on any atom is 0.119 e. The van der Waals surface area contributed by atoms with Gasteiger partial charge in [-0.1, -0.05) is 19.1 Å². The van der Waals surface area contributed by atoms with Gasteiger partial charge in [0.05, 0.1) is 6.61 Å². The topological polar surface area (TPSA) is 34.1 Å². The first-order chi connectivity index (χ1) is 9.69. The third-order valence-electron chi connectivity index (χ3n) is 3.08. The molecule has 0 saturated carbocycles. The minimum absolute atomic E-state index is 0.305. The predicted molar refractivity (Wildman–Crippen MR) is 84.3 cm³/mol. The summed E-state index contributed by atoms with van der Waals surface area (Å²) in [4.78, 5) is 4.46. The Morgan fingerprint density at radius 2 is 2.05 bits per heavy atom. The third-order valence-corrected chi connectivity index (χ3v) is 4.05. The van der Waals surface area contributed by atoms with Crippen LogP contribution in [0.1, 0.15) is 42.6 Å². The monoisotopic (exact) mass is 290 g/mol. The zero-order valence-electron chi connectivity index (χ0n) is 12.3. The number of rotatable bonds is 7. The van der Waals surface area contributed by atoms with Crippen LogP contribution in [0.2, 0.25) is 0 Å². The normalized spacial score (nSPS) is 12.3. The Morgan fingerprint density at radius 1 is 1.30 bits per heavy atom. The average molecular weight is 290 g/mol. The molecule has 1 unspecified atom stereocenters. The van der Waals surface area contributed by atoms with Gasteiger partial charge in [0.15, 0.2) is 0 Å². The second-order valence-electron chi connectivity index (χ2n) is 4.90. The van der Waals surface area contributed by atoms with Crippen LogP contribution in [-0.2, 0) is 6.54 Å². The fourth-order valence-corrected chi connectivity index (χ4v) is 2.64. The summed E-state index contributed by atoms with van der Waals surface area (Å²) in [6, 6.07) is 8.62. The van der Waals surface area contributed by atoms with Gasteiger partial charge in [0.25, 0.3) is 0 Å². The predicted octanol–water partition coefficient (Wildman–Crippen LogP) is 4.09. The fourth-order valence-electron chi connectivity index (χ4n) is 1.91. The molecule has 2 rings (SSSR count). The third kappa shape index (κ3) is 4.32. The van der Waals surface area contributed by atoms with E-state index in [0.29, 0.717) is 6.04 Å². The van der Waals surface area contributed by atoms with Crippen LogP contribution >= 0.6 is 11.3 Å². The smallest absolute Gasteiger partial charge is 0.119 e. The Labute approximate surface area is 125 Å². The highest BCUT2D eigenvalue weighted by Crippen LogP contribution is 2.18. The molecule has 1 aromatic carbocycles. The largest absolute Gasteiger partial charge is 0.494 e. The van der Waals surface area contributed by atoms with Crippen LogP contribution in [0.3, 0.4) is 0 Å². The molecule has 1 N–H and O–H groups in total. The highest BCUT2D eigenvalue weighted by atomic mass is 32.1. The first-order valence-electron chi connectivity index (χ1n) is 7.06. The van der Waals surface area contributed by atoms with Crippen molar-refractivity contribution in [3.8, 4) is 5.75 Å². The van der Waals surface area contributed by atoms with Crippen molar-refractivity contribution in [2.45, 2.75) is 39.8 Å². The highest BCUT2D eigenvalue weighted by Gasteiger charge is 2.06. The maximum absolute atomic E-state index is 5.59. The zero-order valence-corrected chi connectivity index (χ0v) is 13.2. The Hall–Kier alpha value is -1.39. The minimum Gasteiger partial charge on any atom is -0.494 e. The van der Waals surface area contributed by atoms with E-state index in [1.54, 1.807) is 11.3 Å². The number of benzene rings is 1. The lowest BCUT2D eigenvalue weighted by molar-refractivity contribution is 0.317. The van der Waals surface area contributed by atoms with E-state index >= 15 is 0 Å². The maximum atomic E-state index is 5.59. The molecule has 0 aliphatic carbocycles. The van der Waals surface area contributed by atoms with Crippen LogP contribution in [0.4, 0.5) is 0 Å². The quantitative estimate of drug-likeness (QED) is 0.834. The molecular formula is C16H22N2OS. The van der Waals surface area contributed by atoms with Crippen molar-refractivity contribution < 1.29 is 4.74 Å². The number of hydrogen-bond donors (Lipinski definition) is 1. The molecule has 0 spiro atoms. The van der Waals surface area contributed by atoms with Crippen molar-refractivity contribution in [2.24, 2.45) is 0 Å². The summed E-state index contributed by atoms with van der Waals surface area (Å²) in [5.74, 6) is 0.943. The lowest BCUT2D eigenvalue weighted by atomic mass is 10.1. The summed E-state index contributed by atoms with van der Waals surface area (Å²) in [6.45, 7) is 7.89. The highest BCUT2D eigenvalue weighted by molar-refractivity contribution is 7.09. The van der Waals surface area contributed by atoms with E-state index in [1.807, 2.05) is 19.1 Å². The van der Waals surface area contributed by atoms with E-state index in [1.165, 1.54) is 5.56 Å². The number of hydrogen-bond acceptors (Lipinski definition) is 4. The summed E-state index contributed by atoms with van der Waals surface area (Å²) >= 11 is 1.70. The molecule has 3 nitrogen and oxygen atoms in total. The SMILES string of the molecule is CCCOc1ccc(C(C)NCc2nc(C)cs2)cc1. The molecule has 4 heteroatoms. The van der Waals surface area contributed by atoms with Crippen molar-refractivity contribution in [1.82, 2.24) is 10.3 Å². The van der Waals surface area contributed by atoms with E-state index in [9.17, 15) is 0 Å². The average Bonchev–Trinajstić information content (AvgIpc) is 2.89. The Morgan fingerprint density at radius 3 is 2.65 bits per heavy atom. The second kappa shape index (κ2) is 7.41. The Kier molecular flexibility index (Phi) is 5.56. The summed E-state index contributed by atoms with van der Waals surface area (Å²) < 4.78 is 5.59. The molecular weight excluding hydrogens is 268 g/mol. The lowest BCUT2D eigenvalue weighted by Crippen LogP contribution is -2.17. The van der Waals surface area contributed by atoms with Crippen LogP contribution in [0.25, 0.3) is 0 Å². The van der Waals surface area contributed by atoms with Crippen molar-refractivity contribution in [1.29, 1.82) is 0 Å². The van der Waals surface area contributed by atoms with Crippen LogP contribution in [-0.4, -0.2) is 11.6 Å². The van der Waals surface area contributed by atoms with Crippen molar-refractivity contribution in [3.63, 3.8) is 0 Å². The number of thiazole rings is 1. The minimum atomic E-state index is 0.305. The molecule has 2 aromatic rings. The van der Waals surface area contributed by atoms with Gasteiger partial charge < -0.3 is 10.1 Å². The standard InChI is InChI=1S/C16H22N2OS/c1-4-9-19-15-7-5-14(6-8-15)13(3)17-10-16-18-12(2)11-20-16/h5-8,11,13,17H,4,9-10H2,1-3H3. The van der Waals surface area contributed by atoms with Crippen LogP contribution in [0, 0.1) is 6.92 Å². The number of aromatic nitrogens is 1. The summed E-state index contributed by atoms with van der Waals surface area (Å²) in [6.07, 6.45) is 1.03. The van der Waals surface area contributed by atoms with Crippen LogP contribution in [0.15, 0.2) is 29.6 Å². The van der Waals surface area contributed by atoms with E-state index in [0.717, 1.165) is 36.0 Å². The zero-order chi connectivity index (χ0) is 14.4. The van der Waals surface area contributed by atoms with Gasteiger partial charge in [-0.2, -0.15) is 0 Å². The summed E-state index contributed by atoms with van der Waals surface area (Å²) in [7, 11) is 0. The molecule has 0 aliphatic rings. The van der Waals surface area contributed by atoms with Gasteiger partial charge >= 0.3 is 0 Å². The van der Waals surface area contributed by atoms with Gasteiger partial charge in [0.2, 0.25) is 0 Å². The van der Waals surface area contributed by atoms with Gasteiger partial charge in [0, 0.05) is 23.7 Å². The van der Waals surface area contributed by atoms with Crippen molar-refractivity contribution >= 4 is 11.3 Å². The number of ether oxygens (including phenoxy) is 1. The number of nitrogens with zero attached hydrogens (tertiary/aromatic N) is 1. The van der Waals surface area contributed by atoms with Gasteiger partial charge in [0.1, 0.15) is 10.8 Å². The van der Waals surface area contributed by atoms with Gasteiger partial charge in [-0.25, -0.2) is 4.98 Å². The first-order valence-corrected chi connectivity index (χ1v) is 7.94. The molecule has 0 aliphatic heterocycles. The molecule has 0 amide bonds. The Bertz CT molecular complexity index is 522. The number of aryl methyl sites for hydroxylation is 1. The van der Waals surface area contributed by atoms with Gasteiger partial charge in [-0.3, -0.25) is 0 Å². The molecule has 108 valence electrons. The Balaban J connectivity index is 1.86. The second-order valence-corrected chi connectivity index (χ2v) is 5.85. The van der Waals surface area contributed by atoms with E-state index in [4.69, 9.17) is 4.74 Å². The summed E-state index contributed by atoms with van der Waals surface area (Å²) in [5, 5.41) is 6.72. The van der Waals surface area contributed by atoms with Crippen LogP contribution in [0.5, 0.6) is 5.75 Å². The summed E-state index contributed by atoms with van der Waals surface area (Å²) in [5.41, 5.74) is 2.36. The van der Waals surface area contributed by atoms with Crippen molar-refractivity contribution in [2.75, 3.05) is 6.61 Å². The van der Waals surface area contributed by atoms with E-state index in [2.05, 4.69) is 41.7 Å². The van der Waals surface area contributed by atoms with Gasteiger partial charge in [-0.15, -0.1) is 11.3 Å². The lowest BCUT2D eigenvalue weighted by Gasteiger charge is -2.14. The van der Waals surface area contributed by atoms with E-state index < -0.39 is 0 Å². The molecule has 0 radical (unpaired) electrons. The number of nitrogens with one attached hydrogen (secondary N) is 1. The first kappa shape index (κ1) is 15.0. The molecule has 20 heavy (non-hydrogen) atoms.